The van der Waals surface area contributed by atoms with Gasteiger partial charge >= 0.3 is 0 Å². The number of rotatable bonds is 6. The summed E-state index contributed by atoms with van der Waals surface area (Å²) in [4.78, 5) is 11.8. The number of hydrogen-bond donors (Lipinski definition) is 2. The summed E-state index contributed by atoms with van der Waals surface area (Å²) >= 11 is 0. The highest BCUT2D eigenvalue weighted by Crippen LogP contribution is 2.24. The summed E-state index contributed by atoms with van der Waals surface area (Å²) in [5.41, 5.74) is 6.16. The van der Waals surface area contributed by atoms with E-state index in [1.807, 2.05) is 6.92 Å². The average Bonchev–Trinajstić information content (AvgIpc) is 2.10. The molecule has 1 aliphatic rings. The van der Waals surface area contributed by atoms with E-state index in [1.54, 1.807) is 0 Å². The fraction of sp³-hybridized carbons (Fsp3) is 0.929. The highest BCUT2D eigenvalue weighted by Gasteiger charge is 2.31. The Morgan fingerprint density at radius 3 is 2.56 bits per heavy atom. The molecule has 0 aliphatic heterocycles. The van der Waals surface area contributed by atoms with Crippen molar-refractivity contribution in [3.05, 3.63) is 0 Å². The number of nitrogens with two attached hydrogens (primary N) is 1. The van der Waals surface area contributed by atoms with Crippen molar-refractivity contribution in [2.24, 2.45) is 11.1 Å². The van der Waals surface area contributed by atoms with Crippen LogP contribution in [0.25, 0.3) is 0 Å². The van der Waals surface area contributed by atoms with Crippen molar-refractivity contribution < 1.29 is 9.53 Å². The van der Waals surface area contributed by atoms with Crippen LogP contribution in [-0.2, 0) is 9.53 Å². The van der Waals surface area contributed by atoms with Crippen LogP contribution in [0.2, 0.25) is 0 Å². The highest BCUT2D eigenvalue weighted by molar-refractivity contribution is 5.77. The van der Waals surface area contributed by atoms with Gasteiger partial charge in [0.2, 0.25) is 5.91 Å². The molecule has 1 rings (SSSR count). The second kappa shape index (κ2) is 6.53. The molecule has 106 valence electrons. The van der Waals surface area contributed by atoms with Crippen molar-refractivity contribution in [2.75, 3.05) is 6.61 Å². The molecule has 1 saturated carbocycles. The Bertz CT molecular complexity index is 267. The molecule has 0 saturated heterocycles. The van der Waals surface area contributed by atoms with Gasteiger partial charge in [0, 0.05) is 25.1 Å². The minimum atomic E-state index is -0.0484. The Morgan fingerprint density at radius 1 is 1.44 bits per heavy atom. The van der Waals surface area contributed by atoms with E-state index in [2.05, 4.69) is 26.1 Å². The maximum Gasteiger partial charge on any atom is 0.221 e. The molecule has 1 unspecified atom stereocenters. The fourth-order valence-corrected chi connectivity index (χ4v) is 2.44. The summed E-state index contributed by atoms with van der Waals surface area (Å²) in [6.45, 7) is 9.18. The van der Waals surface area contributed by atoms with Crippen molar-refractivity contribution in [1.29, 1.82) is 0 Å². The van der Waals surface area contributed by atoms with Crippen LogP contribution in [0.1, 0.15) is 53.4 Å². The number of carbonyl (C=O) groups is 1. The van der Waals surface area contributed by atoms with Crippen LogP contribution in [0.15, 0.2) is 0 Å². The van der Waals surface area contributed by atoms with E-state index in [0.29, 0.717) is 12.5 Å². The molecule has 0 radical (unpaired) electrons. The molecule has 0 bridgehead atoms. The lowest BCUT2D eigenvalue weighted by molar-refractivity contribution is -0.124. The van der Waals surface area contributed by atoms with Gasteiger partial charge in [0.15, 0.2) is 0 Å². The third-order valence-electron chi connectivity index (χ3n) is 3.18. The summed E-state index contributed by atoms with van der Waals surface area (Å²) in [6.07, 6.45) is 3.51. The standard InChI is InChI=1S/C14H28N2O2/c1-5-18-12-7-11(8-12)16-13(17)6-10(15)9-14(2,3)4/h10-12H,5-9,15H2,1-4H3,(H,16,17). The first-order valence-corrected chi connectivity index (χ1v) is 6.96. The summed E-state index contributed by atoms with van der Waals surface area (Å²) < 4.78 is 5.46. The van der Waals surface area contributed by atoms with E-state index in [1.165, 1.54) is 0 Å². The highest BCUT2D eigenvalue weighted by atomic mass is 16.5. The summed E-state index contributed by atoms with van der Waals surface area (Å²) in [5, 5.41) is 3.02. The molecule has 0 heterocycles. The molecule has 4 heteroatoms. The van der Waals surface area contributed by atoms with Gasteiger partial charge in [-0.2, -0.15) is 0 Å². The topological polar surface area (TPSA) is 64.3 Å². The van der Waals surface area contributed by atoms with Crippen molar-refractivity contribution in [1.82, 2.24) is 5.32 Å². The molecule has 1 fully saturated rings. The number of amides is 1. The van der Waals surface area contributed by atoms with Gasteiger partial charge in [0.05, 0.1) is 6.10 Å². The molecule has 0 spiro atoms. The Labute approximate surface area is 111 Å². The van der Waals surface area contributed by atoms with Gasteiger partial charge in [0.1, 0.15) is 0 Å². The van der Waals surface area contributed by atoms with E-state index in [9.17, 15) is 4.79 Å². The number of ether oxygens (including phenoxy) is 1. The van der Waals surface area contributed by atoms with Crippen LogP contribution in [0.5, 0.6) is 0 Å². The molecule has 1 amide bonds. The zero-order valence-corrected chi connectivity index (χ0v) is 12.2. The second-order valence-electron chi connectivity index (χ2n) is 6.54. The molecule has 0 aromatic heterocycles. The van der Waals surface area contributed by atoms with E-state index >= 15 is 0 Å². The SMILES string of the molecule is CCOC1CC(NC(=O)CC(N)CC(C)(C)C)C1. The zero-order chi connectivity index (χ0) is 13.8. The van der Waals surface area contributed by atoms with Crippen molar-refractivity contribution in [3.8, 4) is 0 Å². The number of hydrogen-bond acceptors (Lipinski definition) is 3. The average molecular weight is 256 g/mol. The van der Waals surface area contributed by atoms with Crippen LogP contribution in [0.4, 0.5) is 0 Å². The van der Waals surface area contributed by atoms with Gasteiger partial charge in [-0.1, -0.05) is 20.8 Å². The van der Waals surface area contributed by atoms with Gasteiger partial charge in [-0.15, -0.1) is 0 Å². The minimum Gasteiger partial charge on any atom is -0.378 e. The molecule has 18 heavy (non-hydrogen) atoms. The third kappa shape index (κ3) is 5.83. The monoisotopic (exact) mass is 256 g/mol. The van der Waals surface area contributed by atoms with Crippen molar-refractivity contribution in [2.45, 2.75) is 71.6 Å². The largest absolute Gasteiger partial charge is 0.378 e. The first-order chi connectivity index (χ1) is 8.30. The first kappa shape index (κ1) is 15.4. The Morgan fingerprint density at radius 2 is 2.06 bits per heavy atom. The maximum atomic E-state index is 11.8. The Balaban J connectivity index is 2.15. The molecule has 0 aromatic rings. The van der Waals surface area contributed by atoms with Gasteiger partial charge in [-0.25, -0.2) is 0 Å². The number of carbonyl (C=O) groups excluding carboxylic acids is 1. The summed E-state index contributed by atoms with van der Waals surface area (Å²) in [7, 11) is 0. The molecule has 3 N–H and O–H groups in total. The quantitative estimate of drug-likeness (QED) is 0.762. The second-order valence-corrected chi connectivity index (χ2v) is 6.54. The lowest BCUT2D eigenvalue weighted by atomic mass is 9.86. The fourth-order valence-electron chi connectivity index (χ4n) is 2.44. The van der Waals surface area contributed by atoms with E-state index in [4.69, 9.17) is 10.5 Å². The van der Waals surface area contributed by atoms with Crippen molar-refractivity contribution in [3.63, 3.8) is 0 Å². The minimum absolute atomic E-state index is 0.0484. The van der Waals surface area contributed by atoms with Gasteiger partial charge in [-0.3, -0.25) is 4.79 Å². The van der Waals surface area contributed by atoms with Gasteiger partial charge < -0.3 is 15.8 Å². The third-order valence-corrected chi connectivity index (χ3v) is 3.18. The Hall–Kier alpha value is -0.610. The van der Waals surface area contributed by atoms with Gasteiger partial charge in [0.25, 0.3) is 0 Å². The van der Waals surface area contributed by atoms with Crippen LogP contribution < -0.4 is 11.1 Å². The lowest BCUT2D eigenvalue weighted by Crippen LogP contribution is -2.49. The van der Waals surface area contributed by atoms with Crippen LogP contribution >= 0.6 is 0 Å². The van der Waals surface area contributed by atoms with Gasteiger partial charge in [-0.05, 0) is 31.6 Å². The predicted octanol–water partition coefficient (Wildman–Crippen LogP) is 1.82. The van der Waals surface area contributed by atoms with Crippen LogP contribution in [0, 0.1) is 5.41 Å². The molecule has 4 nitrogen and oxygen atoms in total. The zero-order valence-electron chi connectivity index (χ0n) is 12.2. The summed E-state index contributed by atoms with van der Waals surface area (Å²) in [6, 6.07) is 0.239. The predicted molar refractivity (Wildman–Crippen MR) is 73.2 cm³/mol. The van der Waals surface area contributed by atoms with Crippen LogP contribution in [0.3, 0.4) is 0 Å². The molecule has 1 atom stereocenters. The Kier molecular flexibility index (Phi) is 5.60. The van der Waals surface area contributed by atoms with E-state index in [0.717, 1.165) is 25.9 Å². The summed E-state index contributed by atoms with van der Waals surface area (Å²) in [5.74, 6) is 0.0756. The molecule has 0 aromatic carbocycles. The molecular weight excluding hydrogens is 228 g/mol. The lowest BCUT2D eigenvalue weighted by Gasteiger charge is -2.35. The molecular formula is C14H28N2O2. The first-order valence-electron chi connectivity index (χ1n) is 6.96. The normalized spacial score (nSPS) is 25.4. The van der Waals surface area contributed by atoms with Crippen molar-refractivity contribution >= 4 is 5.91 Å². The maximum absolute atomic E-state index is 11.8. The molecule has 1 aliphatic carbocycles. The van der Waals surface area contributed by atoms with E-state index < -0.39 is 0 Å². The smallest absolute Gasteiger partial charge is 0.221 e. The van der Waals surface area contributed by atoms with E-state index in [-0.39, 0.29) is 23.4 Å². The van der Waals surface area contributed by atoms with Crippen LogP contribution in [-0.4, -0.2) is 30.7 Å². The number of nitrogens with one attached hydrogen (secondary N) is 1.